The Hall–Kier alpha value is -1.55. The molecule has 1 heterocycles. The van der Waals surface area contributed by atoms with Gasteiger partial charge in [-0.05, 0) is 42.1 Å². The summed E-state index contributed by atoms with van der Waals surface area (Å²) in [4.78, 5) is 2.48. The van der Waals surface area contributed by atoms with Gasteiger partial charge in [-0.3, -0.25) is 4.90 Å². The summed E-state index contributed by atoms with van der Waals surface area (Å²) in [6.45, 7) is 6.13. The van der Waals surface area contributed by atoms with Crippen molar-refractivity contribution in [2.45, 2.75) is 19.9 Å². The van der Waals surface area contributed by atoms with E-state index in [9.17, 15) is 0 Å². The van der Waals surface area contributed by atoms with Crippen LogP contribution in [0.5, 0.6) is 5.75 Å². The van der Waals surface area contributed by atoms with Gasteiger partial charge in [0.05, 0.1) is 7.11 Å². The molecular weight excluding hydrogens is 320 g/mol. The van der Waals surface area contributed by atoms with Crippen LogP contribution < -0.4 is 10.5 Å². The van der Waals surface area contributed by atoms with E-state index >= 15 is 0 Å². The van der Waals surface area contributed by atoms with E-state index in [1.54, 1.807) is 7.11 Å². The Morgan fingerprint density at radius 1 is 1.12 bits per heavy atom. The summed E-state index contributed by atoms with van der Waals surface area (Å²) in [5.41, 5.74) is 9.83. The van der Waals surface area contributed by atoms with Crippen LogP contribution in [0.1, 0.15) is 18.9 Å². The molecule has 0 aliphatic carbocycles. The lowest BCUT2D eigenvalue weighted by molar-refractivity contribution is 0.270. The fourth-order valence-electron chi connectivity index (χ4n) is 3.35. The molecule has 1 fully saturated rings. The fourth-order valence-corrected chi connectivity index (χ4v) is 3.35. The van der Waals surface area contributed by atoms with E-state index < -0.39 is 0 Å². The van der Waals surface area contributed by atoms with Gasteiger partial charge < -0.3 is 10.5 Å². The predicted octanol–water partition coefficient (Wildman–Crippen LogP) is 3.95. The van der Waals surface area contributed by atoms with Crippen molar-refractivity contribution in [1.82, 2.24) is 4.90 Å². The average Bonchev–Trinajstić information content (AvgIpc) is 2.98. The molecule has 3 nitrogen and oxygen atoms in total. The van der Waals surface area contributed by atoms with Crippen molar-refractivity contribution in [2.24, 2.45) is 11.1 Å². The molecule has 1 aliphatic rings. The van der Waals surface area contributed by atoms with Gasteiger partial charge in [0.2, 0.25) is 0 Å². The second-order valence-corrected chi connectivity index (χ2v) is 6.87. The molecule has 0 radical (unpaired) electrons. The third-order valence-corrected chi connectivity index (χ3v) is 4.92. The number of hydrogen-bond acceptors (Lipinski definition) is 3. The largest absolute Gasteiger partial charge is 0.496 e. The van der Waals surface area contributed by atoms with E-state index in [1.807, 2.05) is 6.07 Å². The number of hydrogen-bond donors (Lipinski definition) is 1. The maximum Gasteiger partial charge on any atom is 0.123 e. The first-order chi connectivity index (χ1) is 11.1. The average molecular weight is 347 g/mol. The Balaban J connectivity index is 0.00000208. The summed E-state index contributed by atoms with van der Waals surface area (Å²) in [6, 6.07) is 16.9. The van der Waals surface area contributed by atoms with Gasteiger partial charge in [-0.15, -0.1) is 12.4 Å². The minimum atomic E-state index is 0. The molecule has 0 amide bonds. The zero-order valence-electron chi connectivity index (χ0n) is 14.5. The van der Waals surface area contributed by atoms with Gasteiger partial charge in [0.1, 0.15) is 5.75 Å². The van der Waals surface area contributed by atoms with Gasteiger partial charge in [0.15, 0.2) is 0 Å². The summed E-state index contributed by atoms with van der Waals surface area (Å²) in [5, 5.41) is 0. The molecule has 24 heavy (non-hydrogen) atoms. The van der Waals surface area contributed by atoms with Crippen LogP contribution in [0.2, 0.25) is 0 Å². The van der Waals surface area contributed by atoms with Crippen molar-refractivity contribution in [3.63, 3.8) is 0 Å². The quantitative estimate of drug-likeness (QED) is 0.890. The van der Waals surface area contributed by atoms with Crippen molar-refractivity contribution in [2.75, 3.05) is 26.7 Å². The van der Waals surface area contributed by atoms with Crippen LogP contribution in [0.15, 0.2) is 48.5 Å². The molecule has 0 bridgehead atoms. The number of ether oxygens (including phenoxy) is 1. The standard InChI is InChI=1S/C20H26N2O.ClH/c1-20(14-21)10-11-22(15-20)13-18-9-8-17(12-19(18)23-2)16-6-4-3-5-7-16;/h3-9,12H,10-11,13-15,21H2,1-2H3;1H. The lowest BCUT2D eigenvalue weighted by Crippen LogP contribution is -2.31. The molecule has 4 heteroatoms. The number of methoxy groups -OCH3 is 1. The van der Waals surface area contributed by atoms with Gasteiger partial charge in [-0.1, -0.05) is 49.4 Å². The van der Waals surface area contributed by atoms with Gasteiger partial charge in [0, 0.05) is 18.7 Å². The normalized spacial score (nSPS) is 20.6. The molecule has 130 valence electrons. The maximum absolute atomic E-state index is 5.91. The zero-order chi connectivity index (χ0) is 16.3. The Labute approximate surface area is 151 Å². The summed E-state index contributed by atoms with van der Waals surface area (Å²) >= 11 is 0. The SMILES string of the molecule is COc1cc(-c2ccccc2)ccc1CN1CCC(C)(CN)C1.Cl. The third kappa shape index (κ3) is 4.10. The molecule has 2 aromatic carbocycles. The first-order valence-electron chi connectivity index (χ1n) is 8.28. The van der Waals surface area contributed by atoms with E-state index in [-0.39, 0.29) is 17.8 Å². The van der Waals surface area contributed by atoms with E-state index in [2.05, 4.69) is 54.3 Å². The number of nitrogens with two attached hydrogens (primary N) is 1. The van der Waals surface area contributed by atoms with Gasteiger partial charge in [0.25, 0.3) is 0 Å². The van der Waals surface area contributed by atoms with Crippen molar-refractivity contribution >= 4 is 12.4 Å². The maximum atomic E-state index is 5.91. The number of rotatable bonds is 5. The van der Waals surface area contributed by atoms with Crippen LogP contribution in [0.4, 0.5) is 0 Å². The smallest absolute Gasteiger partial charge is 0.123 e. The Kier molecular flexibility index (Phi) is 6.27. The van der Waals surface area contributed by atoms with Gasteiger partial charge in [-0.2, -0.15) is 0 Å². The summed E-state index contributed by atoms with van der Waals surface area (Å²) in [7, 11) is 1.75. The van der Waals surface area contributed by atoms with Crippen LogP contribution in [-0.2, 0) is 6.54 Å². The highest BCUT2D eigenvalue weighted by atomic mass is 35.5. The van der Waals surface area contributed by atoms with Crippen LogP contribution in [0, 0.1) is 5.41 Å². The molecule has 2 N–H and O–H groups in total. The highest BCUT2D eigenvalue weighted by Crippen LogP contribution is 2.32. The lowest BCUT2D eigenvalue weighted by Gasteiger charge is -2.23. The first kappa shape index (κ1) is 18.8. The monoisotopic (exact) mass is 346 g/mol. The predicted molar refractivity (Wildman–Crippen MR) is 103 cm³/mol. The molecule has 0 saturated carbocycles. The molecule has 0 aromatic heterocycles. The molecule has 2 aromatic rings. The highest BCUT2D eigenvalue weighted by molar-refractivity contribution is 5.85. The summed E-state index contributed by atoms with van der Waals surface area (Å²) in [6.07, 6.45) is 1.17. The number of benzene rings is 2. The van der Waals surface area contributed by atoms with Crippen molar-refractivity contribution in [3.05, 3.63) is 54.1 Å². The second-order valence-electron chi connectivity index (χ2n) is 6.87. The molecular formula is C20H27ClN2O. The molecule has 1 unspecified atom stereocenters. The summed E-state index contributed by atoms with van der Waals surface area (Å²) in [5.74, 6) is 0.965. The zero-order valence-corrected chi connectivity index (χ0v) is 15.3. The Bertz CT molecular complexity index is 662. The Morgan fingerprint density at radius 3 is 2.50 bits per heavy atom. The van der Waals surface area contributed by atoms with E-state index in [0.29, 0.717) is 0 Å². The Morgan fingerprint density at radius 2 is 1.88 bits per heavy atom. The number of nitrogens with zero attached hydrogens (tertiary/aromatic N) is 1. The van der Waals surface area contributed by atoms with Gasteiger partial charge in [-0.25, -0.2) is 0 Å². The molecule has 0 spiro atoms. The van der Waals surface area contributed by atoms with Crippen LogP contribution in [-0.4, -0.2) is 31.6 Å². The van der Waals surface area contributed by atoms with Crippen molar-refractivity contribution < 1.29 is 4.74 Å². The van der Waals surface area contributed by atoms with Crippen molar-refractivity contribution in [1.29, 1.82) is 0 Å². The molecule has 3 rings (SSSR count). The van der Waals surface area contributed by atoms with E-state index in [4.69, 9.17) is 10.5 Å². The van der Waals surface area contributed by atoms with Crippen LogP contribution in [0.25, 0.3) is 11.1 Å². The van der Waals surface area contributed by atoms with E-state index in [0.717, 1.165) is 31.9 Å². The highest BCUT2D eigenvalue weighted by Gasteiger charge is 2.32. The minimum absolute atomic E-state index is 0. The topological polar surface area (TPSA) is 38.5 Å². The van der Waals surface area contributed by atoms with Gasteiger partial charge >= 0.3 is 0 Å². The molecule has 1 aliphatic heterocycles. The minimum Gasteiger partial charge on any atom is -0.496 e. The van der Waals surface area contributed by atoms with E-state index in [1.165, 1.54) is 23.1 Å². The second kappa shape index (κ2) is 8.02. The number of halogens is 1. The summed E-state index contributed by atoms with van der Waals surface area (Å²) < 4.78 is 5.64. The third-order valence-electron chi connectivity index (χ3n) is 4.92. The molecule has 1 saturated heterocycles. The first-order valence-corrected chi connectivity index (χ1v) is 8.28. The fraction of sp³-hybridized carbons (Fsp3) is 0.400. The van der Waals surface area contributed by atoms with Crippen LogP contribution >= 0.6 is 12.4 Å². The number of likely N-dealkylation sites (tertiary alicyclic amines) is 1. The lowest BCUT2D eigenvalue weighted by atomic mass is 9.90. The van der Waals surface area contributed by atoms with Crippen molar-refractivity contribution in [3.8, 4) is 16.9 Å². The molecule has 1 atom stereocenters. The van der Waals surface area contributed by atoms with Crippen LogP contribution in [0.3, 0.4) is 0 Å².